The van der Waals surface area contributed by atoms with Gasteiger partial charge < -0.3 is 29.6 Å². The van der Waals surface area contributed by atoms with Crippen molar-refractivity contribution < 1.29 is 28.5 Å². The molecule has 0 aliphatic rings. The van der Waals surface area contributed by atoms with Gasteiger partial charge in [0.15, 0.2) is 0 Å². The summed E-state index contributed by atoms with van der Waals surface area (Å²) in [6.45, 7) is 5.53. The summed E-state index contributed by atoms with van der Waals surface area (Å²) in [6, 6.07) is 0.117. The molecule has 8 heteroatoms. The van der Waals surface area contributed by atoms with Crippen molar-refractivity contribution in [3.63, 3.8) is 0 Å². The molecule has 8 nitrogen and oxygen atoms in total. The standard InChI is InChI=1S/C18H36N2O6/c1-16(20-18(22)8-11-26-15-13-24-3)6-4-5-9-19-17(21)7-10-25-14-12-23-2/h16H,4-15H2,1-3H3,(H,19,21)(H,20,22). The van der Waals surface area contributed by atoms with Crippen molar-refractivity contribution in [3.05, 3.63) is 0 Å². The summed E-state index contributed by atoms with van der Waals surface area (Å²) < 4.78 is 20.2. The number of amides is 2. The average Bonchev–Trinajstić information content (AvgIpc) is 2.61. The molecule has 2 amide bonds. The molecule has 0 heterocycles. The molecule has 1 unspecified atom stereocenters. The van der Waals surface area contributed by atoms with E-state index in [1.54, 1.807) is 14.2 Å². The summed E-state index contributed by atoms with van der Waals surface area (Å²) in [5, 5.41) is 5.82. The summed E-state index contributed by atoms with van der Waals surface area (Å²) >= 11 is 0. The van der Waals surface area contributed by atoms with Crippen LogP contribution >= 0.6 is 0 Å². The van der Waals surface area contributed by atoms with Gasteiger partial charge in [-0.2, -0.15) is 0 Å². The Morgan fingerprint density at radius 2 is 1.38 bits per heavy atom. The van der Waals surface area contributed by atoms with Gasteiger partial charge in [0.1, 0.15) is 0 Å². The van der Waals surface area contributed by atoms with Crippen LogP contribution in [0.4, 0.5) is 0 Å². The maximum atomic E-state index is 11.7. The van der Waals surface area contributed by atoms with E-state index in [2.05, 4.69) is 10.6 Å². The highest BCUT2D eigenvalue weighted by atomic mass is 16.5. The number of hydrogen-bond donors (Lipinski definition) is 2. The van der Waals surface area contributed by atoms with E-state index < -0.39 is 0 Å². The van der Waals surface area contributed by atoms with Crippen LogP contribution in [0.2, 0.25) is 0 Å². The van der Waals surface area contributed by atoms with Gasteiger partial charge in [-0.1, -0.05) is 0 Å². The molecule has 0 radical (unpaired) electrons. The van der Waals surface area contributed by atoms with E-state index in [0.717, 1.165) is 19.3 Å². The largest absolute Gasteiger partial charge is 0.382 e. The minimum absolute atomic E-state index is 0.00255. The quantitative estimate of drug-likeness (QED) is 0.345. The van der Waals surface area contributed by atoms with Crippen LogP contribution in [-0.2, 0) is 28.5 Å². The van der Waals surface area contributed by atoms with Gasteiger partial charge in [-0.25, -0.2) is 0 Å². The van der Waals surface area contributed by atoms with Crippen LogP contribution in [0.1, 0.15) is 39.0 Å². The lowest BCUT2D eigenvalue weighted by atomic mass is 10.1. The number of methoxy groups -OCH3 is 2. The number of carbonyl (C=O) groups excluding carboxylic acids is 2. The number of hydrogen-bond acceptors (Lipinski definition) is 6. The highest BCUT2D eigenvalue weighted by molar-refractivity contribution is 5.76. The number of ether oxygens (including phenoxy) is 4. The first kappa shape index (κ1) is 24.8. The average molecular weight is 376 g/mol. The minimum atomic E-state index is -0.00306. The molecule has 0 aromatic carbocycles. The Morgan fingerprint density at radius 3 is 1.96 bits per heavy atom. The predicted molar refractivity (Wildman–Crippen MR) is 99.1 cm³/mol. The van der Waals surface area contributed by atoms with Crippen LogP contribution in [0, 0.1) is 0 Å². The Balaban J connectivity index is 3.45. The second-order valence-corrected chi connectivity index (χ2v) is 6.02. The molecular formula is C18H36N2O6. The van der Waals surface area contributed by atoms with E-state index in [1.807, 2.05) is 6.92 Å². The van der Waals surface area contributed by atoms with Crippen molar-refractivity contribution in [2.45, 2.75) is 45.1 Å². The zero-order valence-corrected chi connectivity index (χ0v) is 16.5. The van der Waals surface area contributed by atoms with Gasteiger partial charge in [0, 0.05) is 39.6 Å². The molecule has 0 spiro atoms. The summed E-state index contributed by atoms with van der Waals surface area (Å²) in [5.74, 6) is -0.00562. The molecular weight excluding hydrogens is 340 g/mol. The summed E-state index contributed by atoms with van der Waals surface area (Å²) in [4.78, 5) is 23.3. The molecule has 26 heavy (non-hydrogen) atoms. The topological polar surface area (TPSA) is 95.1 Å². The maximum absolute atomic E-state index is 11.7. The van der Waals surface area contributed by atoms with E-state index in [0.29, 0.717) is 59.0 Å². The van der Waals surface area contributed by atoms with Gasteiger partial charge in [-0.3, -0.25) is 9.59 Å². The van der Waals surface area contributed by atoms with E-state index in [4.69, 9.17) is 18.9 Å². The van der Waals surface area contributed by atoms with Crippen LogP contribution in [0.3, 0.4) is 0 Å². The molecule has 0 rings (SSSR count). The van der Waals surface area contributed by atoms with Crippen LogP contribution in [0.15, 0.2) is 0 Å². The van der Waals surface area contributed by atoms with Crippen LogP contribution < -0.4 is 10.6 Å². The second-order valence-electron chi connectivity index (χ2n) is 6.02. The molecule has 0 aromatic rings. The normalized spacial score (nSPS) is 12.0. The number of carbonyl (C=O) groups is 2. The molecule has 0 aliphatic carbocycles. The Hall–Kier alpha value is -1.22. The lowest BCUT2D eigenvalue weighted by molar-refractivity contribution is -0.123. The maximum Gasteiger partial charge on any atom is 0.222 e. The van der Waals surface area contributed by atoms with Gasteiger partial charge in [-0.15, -0.1) is 0 Å². The lowest BCUT2D eigenvalue weighted by Crippen LogP contribution is -2.33. The first-order valence-electron chi connectivity index (χ1n) is 9.29. The third kappa shape index (κ3) is 17.6. The molecule has 0 aliphatic heterocycles. The van der Waals surface area contributed by atoms with Gasteiger partial charge in [0.05, 0.1) is 39.6 Å². The first-order valence-corrected chi connectivity index (χ1v) is 9.29. The SMILES string of the molecule is COCCOCCC(=O)NCCCCC(C)NC(=O)CCOCCOC. The molecule has 0 saturated heterocycles. The highest BCUT2D eigenvalue weighted by Gasteiger charge is 2.07. The summed E-state index contributed by atoms with van der Waals surface area (Å²) in [7, 11) is 3.23. The molecule has 0 saturated carbocycles. The molecule has 2 N–H and O–H groups in total. The molecule has 0 fully saturated rings. The Bertz CT molecular complexity index is 355. The zero-order valence-electron chi connectivity index (χ0n) is 16.5. The van der Waals surface area contributed by atoms with Gasteiger partial charge in [0.25, 0.3) is 0 Å². The Morgan fingerprint density at radius 1 is 0.808 bits per heavy atom. The number of rotatable bonds is 18. The fraction of sp³-hybridized carbons (Fsp3) is 0.889. The van der Waals surface area contributed by atoms with E-state index >= 15 is 0 Å². The van der Waals surface area contributed by atoms with Crippen molar-refractivity contribution >= 4 is 11.8 Å². The van der Waals surface area contributed by atoms with Crippen molar-refractivity contribution in [2.24, 2.45) is 0 Å². The third-order valence-corrected chi connectivity index (χ3v) is 3.60. The van der Waals surface area contributed by atoms with Crippen molar-refractivity contribution in [1.29, 1.82) is 0 Å². The molecule has 154 valence electrons. The van der Waals surface area contributed by atoms with Crippen molar-refractivity contribution in [3.8, 4) is 0 Å². The number of unbranched alkanes of at least 4 members (excludes halogenated alkanes) is 1. The minimum Gasteiger partial charge on any atom is -0.382 e. The van der Waals surface area contributed by atoms with Crippen LogP contribution in [0.25, 0.3) is 0 Å². The van der Waals surface area contributed by atoms with Crippen LogP contribution in [-0.4, -0.2) is 78.3 Å². The predicted octanol–water partition coefficient (Wildman–Crippen LogP) is 0.884. The molecule has 1 atom stereocenters. The zero-order chi connectivity index (χ0) is 19.5. The van der Waals surface area contributed by atoms with Gasteiger partial charge in [-0.05, 0) is 26.2 Å². The van der Waals surface area contributed by atoms with E-state index in [-0.39, 0.29) is 17.9 Å². The van der Waals surface area contributed by atoms with Crippen molar-refractivity contribution in [1.82, 2.24) is 10.6 Å². The summed E-state index contributed by atoms with van der Waals surface area (Å²) in [6.07, 6.45) is 3.43. The lowest BCUT2D eigenvalue weighted by Gasteiger charge is -2.14. The molecule has 0 aromatic heterocycles. The monoisotopic (exact) mass is 376 g/mol. The smallest absolute Gasteiger partial charge is 0.222 e. The Labute approximate surface area is 157 Å². The molecule has 0 bridgehead atoms. The van der Waals surface area contributed by atoms with Crippen molar-refractivity contribution in [2.75, 3.05) is 60.4 Å². The first-order chi connectivity index (χ1) is 12.6. The fourth-order valence-electron chi connectivity index (χ4n) is 2.13. The third-order valence-electron chi connectivity index (χ3n) is 3.60. The highest BCUT2D eigenvalue weighted by Crippen LogP contribution is 2.00. The fourth-order valence-corrected chi connectivity index (χ4v) is 2.13. The van der Waals surface area contributed by atoms with E-state index in [9.17, 15) is 9.59 Å². The van der Waals surface area contributed by atoms with E-state index in [1.165, 1.54) is 0 Å². The number of nitrogens with one attached hydrogen (secondary N) is 2. The van der Waals surface area contributed by atoms with Crippen LogP contribution in [0.5, 0.6) is 0 Å². The second kappa shape index (κ2) is 18.6. The van der Waals surface area contributed by atoms with Gasteiger partial charge >= 0.3 is 0 Å². The summed E-state index contributed by atoms with van der Waals surface area (Å²) in [5.41, 5.74) is 0. The van der Waals surface area contributed by atoms with Gasteiger partial charge in [0.2, 0.25) is 11.8 Å². The Kier molecular flexibility index (Phi) is 17.7.